The van der Waals surface area contributed by atoms with Crippen LogP contribution >= 0.6 is 15.9 Å². The van der Waals surface area contributed by atoms with Gasteiger partial charge in [-0.1, -0.05) is 28.1 Å². The van der Waals surface area contributed by atoms with Crippen molar-refractivity contribution in [3.8, 4) is 11.8 Å². The normalized spacial score (nSPS) is 11.8. The molecule has 0 heterocycles. The lowest BCUT2D eigenvalue weighted by Gasteiger charge is -2.14. The molecule has 0 bridgehead atoms. The van der Waals surface area contributed by atoms with Gasteiger partial charge in [0.1, 0.15) is 24.2 Å². The molecule has 0 fully saturated rings. The predicted molar refractivity (Wildman–Crippen MR) is 80.2 cm³/mol. The van der Waals surface area contributed by atoms with Gasteiger partial charge in [-0.05, 0) is 36.8 Å². The Balaban J connectivity index is 2.20. The molecule has 0 saturated carbocycles. The molecule has 3 nitrogen and oxygen atoms in total. The van der Waals surface area contributed by atoms with E-state index in [1.807, 2.05) is 6.07 Å². The Bertz CT molecular complexity index is 695. The Labute approximate surface area is 130 Å². The molecule has 0 aliphatic carbocycles. The number of aliphatic hydroxyl groups excluding tert-OH is 1. The molecule has 0 spiro atoms. The monoisotopic (exact) mass is 349 g/mol. The molecular weight excluding hydrogens is 337 g/mol. The fourth-order valence-electron chi connectivity index (χ4n) is 1.89. The molecule has 0 aliphatic heterocycles. The molecule has 0 saturated heterocycles. The van der Waals surface area contributed by atoms with Crippen LogP contribution < -0.4 is 4.74 Å². The highest BCUT2D eigenvalue weighted by atomic mass is 79.9. The van der Waals surface area contributed by atoms with Crippen LogP contribution in [0.4, 0.5) is 4.39 Å². The van der Waals surface area contributed by atoms with E-state index in [-0.39, 0.29) is 12.2 Å². The lowest BCUT2D eigenvalue weighted by atomic mass is 10.1. The highest BCUT2D eigenvalue weighted by Gasteiger charge is 2.10. The molecule has 0 radical (unpaired) electrons. The van der Waals surface area contributed by atoms with Crippen molar-refractivity contribution < 1.29 is 14.2 Å². The summed E-state index contributed by atoms with van der Waals surface area (Å²) in [5, 5.41) is 18.5. The highest BCUT2D eigenvalue weighted by molar-refractivity contribution is 9.10. The Morgan fingerprint density at radius 1 is 1.33 bits per heavy atom. The quantitative estimate of drug-likeness (QED) is 0.904. The van der Waals surface area contributed by atoms with Crippen molar-refractivity contribution in [1.29, 1.82) is 5.26 Å². The van der Waals surface area contributed by atoms with Crippen LogP contribution in [0.15, 0.2) is 40.9 Å². The average molecular weight is 350 g/mol. The number of rotatable bonds is 4. The molecule has 2 aromatic rings. The van der Waals surface area contributed by atoms with E-state index in [1.54, 1.807) is 31.2 Å². The van der Waals surface area contributed by atoms with E-state index in [0.717, 1.165) is 4.47 Å². The topological polar surface area (TPSA) is 53.2 Å². The molecule has 108 valence electrons. The fourth-order valence-corrected chi connectivity index (χ4v) is 2.23. The van der Waals surface area contributed by atoms with Crippen molar-refractivity contribution in [1.82, 2.24) is 0 Å². The van der Waals surface area contributed by atoms with E-state index in [1.165, 1.54) is 12.1 Å². The Morgan fingerprint density at radius 2 is 2.10 bits per heavy atom. The zero-order chi connectivity index (χ0) is 15.4. The first-order chi connectivity index (χ1) is 10.0. The number of benzene rings is 2. The molecule has 5 heteroatoms. The van der Waals surface area contributed by atoms with Gasteiger partial charge in [-0.3, -0.25) is 0 Å². The number of ether oxygens (including phenoxy) is 1. The highest BCUT2D eigenvalue weighted by Crippen LogP contribution is 2.29. The first-order valence-electron chi connectivity index (χ1n) is 6.30. The lowest BCUT2D eigenvalue weighted by molar-refractivity contribution is 0.190. The molecule has 1 atom stereocenters. The van der Waals surface area contributed by atoms with Crippen LogP contribution in [0.5, 0.6) is 5.75 Å². The van der Waals surface area contributed by atoms with Crippen LogP contribution in [0.25, 0.3) is 0 Å². The zero-order valence-corrected chi connectivity index (χ0v) is 12.9. The van der Waals surface area contributed by atoms with E-state index in [4.69, 9.17) is 10.00 Å². The molecule has 21 heavy (non-hydrogen) atoms. The standard InChI is InChI=1S/C16H13BrFNO2/c1-10(20)14-4-3-13(17)7-16(14)21-9-11-2-5-15(18)12(6-11)8-19/h2-7,10,20H,9H2,1H3. The molecule has 1 unspecified atom stereocenters. The van der Waals surface area contributed by atoms with E-state index >= 15 is 0 Å². The van der Waals surface area contributed by atoms with Gasteiger partial charge in [0, 0.05) is 10.0 Å². The number of aliphatic hydroxyl groups is 1. The number of nitrogens with zero attached hydrogens (tertiary/aromatic N) is 1. The summed E-state index contributed by atoms with van der Waals surface area (Å²) in [6.07, 6.45) is -0.656. The van der Waals surface area contributed by atoms with Gasteiger partial charge in [0.25, 0.3) is 0 Å². The van der Waals surface area contributed by atoms with E-state index < -0.39 is 11.9 Å². The second kappa shape index (κ2) is 6.70. The van der Waals surface area contributed by atoms with Crippen LogP contribution in [0.1, 0.15) is 29.7 Å². The number of nitriles is 1. The molecule has 2 rings (SSSR count). The van der Waals surface area contributed by atoms with Crippen molar-refractivity contribution in [2.75, 3.05) is 0 Å². The first kappa shape index (κ1) is 15.5. The summed E-state index contributed by atoms with van der Waals surface area (Å²) in [5.74, 6) is -0.00409. The molecule has 1 N–H and O–H groups in total. The summed E-state index contributed by atoms with van der Waals surface area (Å²) >= 11 is 3.35. The minimum absolute atomic E-state index is 0.0129. The van der Waals surface area contributed by atoms with Crippen LogP contribution in [0.2, 0.25) is 0 Å². The number of halogens is 2. The maximum atomic E-state index is 13.3. The van der Waals surface area contributed by atoms with Crippen molar-refractivity contribution in [3.63, 3.8) is 0 Å². The van der Waals surface area contributed by atoms with Crippen molar-refractivity contribution in [2.24, 2.45) is 0 Å². The number of hydrogen-bond acceptors (Lipinski definition) is 3. The van der Waals surface area contributed by atoms with Gasteiger partial charge in [-0.2, -0.15) is 5.26 Å². The molecular formula is C16H13BrFNO2. The molecule has 0 aliphatic rings. The molecule has 0 amide bonds. The summed E-state index contributed by atoms with van der Waals surface area (Å²) in [5.41, 5.74) is 1.34. The van der Waals surface area contributed by atoms with Crippen molar-refractivity contribution in [2.45, 2.75) is 19.6 Å². The summed E-state index contributed by atoms with van der Waals surface area (Å²) in [7, 11) is 0. The summed E-state index contributed by atoms with van der Waals surface area (Å²) in [6.45, 7) is 1.84. The predicted octanol–water partition coefficient (Wildman–Crippen LogP) is 4.09. The summed E-state index contributed by atoms with van der Waals surface area (Å²) in [4.78, 5) is 0. The van der Waals surface area contributed by atoms with Crippen LogP contribution in [-0.4, -0.2) is 5.11 Å². The second-order valence-corrected chi connectivity index (χ2v) is 5.49. The third-order valence-corrected chi connectivity index (χ3v) is 3.46. The summed E-state index contributed by atoms with van der Waals surface area (Å²) < 4.78 is 19.8. The molecule has 0 aromatic heterocycles. The Kier molecular flexibility index (Phi) is 4.94. The van der Waals surface area contributed by atoms with Gasteiger partial charge >= 0.3 is 0 Å². The van der Waals surface area contributed by atoms with Gasteiger partial charge in [0.2, 0.25) is 0 Å². The van der Waals surface area contributed by atoms with Gasteiger partial charge in [-0.15, -0.1) is 0 Å². The lowest BCUT2D eigenvalue weighted by Crippen LogP contribution is -2.01. The maximum absolute atomic E-state index is 13.3. The number of hydrogen-bond donors (Lipinski definition) is 1. The van der Waals surface area contributed by atoms with Crippen LogP contribution in [-0.2, 0) is 6.61 Å². The third-order valence-electron chi connectivity index (χ3n) is 2.97. The van der Waals surface area contributed by atoms with E-state index in [0.29, 0.717) is 16.9 Å². The van der Waals surface area contributed by atoms with Gasteiger partial charge in [0.15, 0.2) is 0 Å². The Hall–Kier alpha value is -1.90. The minimum atomic E-state index is -0.656. The SMILES string of the molecule is CC(O)c1ccc(Br)cc1OCc1ccc(F)c(C#N)c1. The van der Waals surface area contributed by atoms with Crippen molar-refractivity contribution in [3.05, 3.63) is 63.4 Å². The average Bonchev–Trinajstić information content (AvgIpc) is 2.46. The van der Waals surface area contributed by atoms with Crippen LogP contribution in [0.3, 0.4) is 0 Å². The van der Waals surface area contributed by atoms with E-state index in [9.17, 15) is 9.50 Å². The van der Waals surface area contributed by atoms with Crippen LogP contribution in [0, 0.1) is 17.1 Å². The van der Waals surface area contributed by atoms with Crippen molar-refractivity contribution >= 4 is 15.9 Å². The fraction of sp³-hybridized carbons (Fsp3) is 0.188. The van der Waals surface area contributed by atoms with E-state index in [2.05, 4.69) is 15.9 Å². The van der Waals surface area contributed by atoms with Gasteiger partial charge < -0.3 is 9.84 Å². The molecule has 2 aromatic carbocycles. The Morgan fingerprint density at radius 3 is 2.76 bits per heavy atom. The maximum Gasteiger partial charge on any atom is 0.140 e. The zero-order valence-electron chi connectivity index (χ0n) is 11.3. The summed E-state index contributed by atoms with van der Waals surface area (Å²) in [6, 6.07) is 11.4. The second-order valence-electron chi connectivity index (χ2n) is 4.57. The van der Waals surface area contributed by atoms with Gasteiger partial charge in [-0.25, -0.2) is 4.39 Å². The van der Waals surface area contributed by atoms with Gasteiger partial charge in [0.05, 0.1) is 11.7 Å². The minimum Gasteiger partial charge on any atom is -0.488 e. The third kappa shape index (κ3) is 3.81. The largest absolute Gasteiger partial charge is 0.488 e. The smallest absolute Gasteiger partial charge is 0.140 e. The first-order valence-corrected chi connectivity index (χ1v) is 7.09.